The number of halogens is 2. The summed E-state index contributed by atoms with van der Waals surface area (Å²) in [5.41, 5.74) is 0.770. The zero-order valence-corrected chi connectivity index (χ0v) is 21.2. The molecule has 2 unspecified atom stereocenters. The molecule has 2 aliphatic rings. The Morgan fingerprint density at radius 1 is 1.26 bits per heavy atom. The van der Waals surface area contributed by atoms with Gasteiger partial charge in [-0.25, -0.2) is 4.39 Å². The number of ether oxygens (including phenoxy) is 1. The minimum Gasteiger partial charge on any atom is -0.469 e. The summed E-state index contributed by atoms with van der Waals surface area (Å²) in [6.07, 6.45) is 2.14. The predicted molar refractivity (Wildman–Crippen MR) is 132 cm³/mol. The zero-order chi connectivity index (χ0) is 21.5. The van der Waals surface area contributed by atoms with Gasteiger partial charge in [-0.2, -0.15) is 0 Å². The van der Waals surface area contributed by atoms with Crippen LogP contribution in [0.4, 0.5) is 4.39 Å². The number of hydrogen-bond acceptors (Lipinski definition) is 4. The number of aliphatic imine (C=N–C) groups is 1. The summed E-state index contributed by atoms with van der Waals surface area (Å²) < 4.78 is 18.8. The Morgan fingerprint density at radius 2 is 1.97 bits per heavy atom. The molecule has 2 saturated heterocycles. The maximum Gasteiger partial charge on any atom is 0.310 e. The van der Waals surface area contributed by atoms with E-state index in [1.54, 1.807) is 6.07 Å². The van der Waals surface area contributed by atoms with E-state index in [9.17, 15) is 9.18 Å². The van der Waals surface area contributed by atoms with E-state index in [4.69, 9.17) is 9.73 Å². The second-order valence-electron chi connectivity index (χ2n) is 8.52. The number of methoxy groups -OCH3 is 1. The molecule has 0 bridgehead atoms. The highest BCUT2D eigenvalue weighted by Gasteiger charge is 2.37. The first-order chi connectivity index (χ1) is 14.5. The number of hydrogen-bond donors (Lipinski definition) is 1. The van der Waals surface area contributed by atoms with Crippen molar-refractivity contribution in [1.82, 2.24) is 15.1 Å². The summed E-state index contributed by atoms with van der Waals surface area (Å²) in [6, 6.07) is 7.03. The van der Waals surface area contributed by atoms with Crippen LogP contribution in [0.5, 0.6) is 0 Å². The van der Waals surface area contributed by atoms with E-state index in [0.717, 1.165) is 57.1 Å². The van der Waals surface area contributed by atoms with Crippen LogP contribution in [0.2, 0.25) is 0 Å². The normalized spacial score (nSPS) is 22.8. The molecule has 2 aliphatic heterocycles. The van der Waals surface area contributed by atoms with E-state index in [-0.39, 0.29) is 47.6 Å². The van der Waals surface area contributed by atoms with Crippen LogP contribution in [0.15, 0.2) is 29.3 Å². The summed E-state index contributed by atoms with van der Waals surface area (Å²) in [5.74, 6) is 1.33. The Morgan fingerprint density at radius 3 is 2.61 bits per heavy atom. The molecule has 3 rings (SSSR count). The Labute approximate surface area is 202 Å². The molecule has 31 heavy (non-hydrogen) atoms. The van der Waals surface area contributed by atoms with Gasteiger partial charge in [0.05, 0.1) is 13.0 Å². The van der Waals surface area contributed by atoms with Crippen LogP contribution in [0.3, 0.4) is 0 Å². The molecule has 0 saturated carbocycles. The highest BCUT2D eigenvalue weighted by atomic mass is 127. The van der Waals surface area contributed by atoms with Crippen LogP contribution in [-0.4, -0.2) is 68.1 Å². The Balaban J connectivity index is 0.00000341. The SMILES string of the molecule is CCNC(=NCC1CCN(Cc2ccccc2F)CC1)N1CC(C)C(C(=O)OC)C1.I. The van der Waals surface area contributed by atoms with Gasteiger partial charge in [0.2, 0.25) is 0 Å². The topological polar surface area (TPSA) is 57.2 Å². The molecule has 0 radical (unpaired) electrons. The molecule has 0 amide bonds. The number of guanidine groups is 1. The number of esters is 1. The van der Waals surface area contributed by atoms with Gasteiger partial charge in [-0.15, -0.1) is 24.0 Å². The van der Waals surface area contributed by atoms with Gasteiger partial charge in [0, 0.05) is 38.3 Å². The Hall–Kier alpha value is -1.42. The van der Waals surface area contributed by atoms with Crippen LogP contribution >= 0.6 is 24.0 Å². The van der Waals surface area contributed by atoms with Gasteiger partial charge in [-0.1, -0.05) is 25.1 Å². The number of benzene rings is 1. The summed E-state index contributed by atoms with van der Waals surface area (Å²) in [4.78, 5) is 21.4. The molecular formula is C23H36FIN4O2. The van der Waals surface area contributed by atoms with Gasteiger partial charge < -0.3 is 15.0 Å². The standard InChI is InChI=1S/C23H35FN4O2.HI/c1-4-25-23(28-14-17(2)20(16-28)22(29)30-3)26-13-18-9-11-27(12-10-18)15-19-7-5-6-8-21(19)24;/h5-8,17-18,20H,4,9-16H2,1-3H3,(H,25,26);1H. The first kappa shape index (κ1) is 25.8. The third-order valence-corrected chi connectivity index (χ3v) is 6.31. The van der Waals surface area contributed by atoms with Gasteiger partial charge in [0.15, 0.2) is 5.96 Å². The molecule has 1 aromatic rings. The van der Waals surface area contributed by atoms with Crippen molar-refractivity contribution < 1.29 is 13.9 Å². The van der Waals surface area contributed by atoms with Gasteiger partial charge in [0.1, 0.15) is 5.82 Å². The smallest absolute Gasteiger partial charge is 0.310 e. The lowest BCUT2D eigenvalue weighted by atomic mass is 9.96. The van der Waals surface area contributed by atoms with Crippen molar-refractivity contribution in [2.45, 2.75) is 33.2 Å². The van der Waals surface area contributed by atoms with Crippen LogP contribution in [-0.2, 0) is 16.1 Å². The van der Waals surface area contributed by atoms with E-state index in [1.165, 1.54) is 13.2 Å². The van der Waals surface area contributed by atoms with E-state index in [2.05, 4.69) is 29.0 Å². The summed E-state index contributed by atoms with van der Waals surface area (Å²) >= 11 is 0. The molecular weight excluding hydrogens is 510 g/mol. The molecule has 8 heteroatoms. The number of carbonyl (C=O) groups excluding carboxylic acids is 1. The number of carbonyl (C=O) groups is 1. The van der Waals surface area contributed by atoms with Crippen LogP contribution in [0, 0.1) is 23.6 Å². The maximum atomic E-state index is 13.9. The van der Waals surface area contributed by atoms with Crippen molar-refractivity contribution in [3.63, 3.8) is 0 Å². The minimum atomic E-state index is -0.136. The predicted octanol–water partition coefficient (Wildman–Crippen LogP) is 3.36. The Kier molecular flexibility index (Phi) is 10.5. The largest absolute Gasteiger partial charge is 0.469 e. The first-order valence-corrected chi connectivity index (χ1v) is 11.1. The van der Waals surface area contributed by atoms with E-state index in [1.807, 2.05) is 12.1 Å². The maximum absolute atomic E-state index is 13.9. The fourth-order valence-corrected chi connectivity index (χ4v) is 4.43. The fraction of sp³-hybridized carbons (Fsp3) is 0.652. The molecule has 2 atom stereocenters. The quantitative estimate of drug-likeness (QED) is 0.257. The van der Waals surface area contributed by atoms with Gasteiger partial charge in [0.25, 0.3) is 0 Å². The first-order valence-electron chi connectivity index (χ1n) is 11.1. The van der Waals surface area contributed by atoms with Crippen molar-refractivity contribution in [2.75, 3.05) is 46.4 Å². The van der Waals surface area contributed by atoms with Crippen molar-refractivity contribution >= 4 is 35.9 Å². The van der Waals surface area contributed by atoms with Gasteiger partial charge in [-0.3, -0.25) is 14.7 Å². The van der Waals surface area contributed by atoms with E-state index >= 15 is 0 Å². The van der Waals surface area contributed by atoms with E-state index < -0.39 is 0 Å². The fourth-order valence-electron chi connectivity index (χ4n) is 4.43. The highest BCUT2D eigenvalue weighted by molar-refractivity contribution is 14.0. The number of rotatable bonds is 6. The summed E-state index contributed by atoms with van der Waals surface area (Å²) in [5, 5.41) is 3.38. The number of nitrogens with zero attached hydrogens (tertiary/aromatic N) is 3. The molecule has 174 valence electrons. The van der Waals surface area contributed by atoms with Crippen LogP contribution in [0.25, 0.3) is 0 Å². The van der Waals surface area contributed by atoms with Gasteiger partial charge in [-0.05, 0) is 50.8 Å². The highest BCUT2D eigenvalue weighted by Crippen LogP contribution is 2.25. The van der Waals surface area contributed by atoms with Crippen molar-refractivity contribution in [3.05, 3.63) is 35.6 Å². The number of likely N-dealkylation sites (tertiary alicyclic amines) is 2. The number of piperidine rings is 1. The molecule has 2 heterocycles. The lowest BCUT2D eigenvalue weighted by Crippen LogP contribution is -2.41. The molecule has 2 fully saturated rings. The zero-order valence-electron chi connectivity index (χ0n) is 18.8. The third kappa shape index (κ3) is 7.03. The summed E-state index contributed by atoms with van der Waals surface area (Å²) in [6.45, 7) is 9.81. The molecule has 1 aromatic carbocycles. The third-order valence-electron chi connectivity index (χ3n) is 6.31. The minimum absolute atomic E-state index is 0. The average molecular weight is 546 g/mol. The van der Waals surface area contributed by atoms with Crippen LogP contribution in [0.1, 0.15) is 32.3 Å². The molecule has 0 aromatic heterocycles. The molecule has 1 N–H and O–H groups in total. The monoisotopic (exact) mass is 546 g/mol. The van der Waals surface area contributed by atoms with Crippen molar-refractivity contribution in [1.29, 1.82) is 0 Å². The second-order valence-corrected chi connectivity index (χ2v) is 8.52. The second kappa shape index (κ2) is 12.6. The van der Waals surface area contributed by atoms with Crippen LogP contribution < -0.4 is 5.32 Å². The molecule has 6 nitrogen and oxygen atoms in total. The number of nitrogens with one attached hydrogen (secondary N) is 1. The summed E-state index contributed by atoms with van der Waals surface area (Å²) in [7, 11) is 1.45. The molecule has 0 spiro atoms. The molecule has 0 aliphatic carbocycles. The Bertz CT molecular complexity index is 740. The lowest BCUT2D eigenvalue weighted by molar-refractivity contribution is -0.145. The lowest BCUT2D eigenvalue weighted by Gasteiger charge is -2.31. The van der Waals surface area contributed by atoms with Crippen molar-refractivity contribution in [2.24, 2.45) is 22.7 Å². The van der Waals surface area contributed by atoms with Crippen molar-refractivity contribution in [3.8, 4) is 0 Å². The average Bonchev–Trinajstić information content (AvgIpc) is 3.14. The van der Waals surface area contributed by atoms with E-state index in [0.29, 0.717) is 19.0 Å². The van der Waals surface area contributed by atoms with Gasteiger partial charge >= 0.3 is 5.97 Å².